The lowest BCUT2D eigenvalue weighted by Crippen LogP contribution is -2.34. The van der Waals surface area contributed by atoms with Crippen LogP contribution in [0.15, 0.2) is 30.3 Å². The number of carbonyl (C=O) groups is 1. The first kappa shape index (κ1) is 20.8. The Morgan fingerprint density at radius 1 is 1.00 bits per heavy atom. The van der Waals surface area contributed by atoms with Crippen molar-refractivity contribution >= 4 is 11.6 Å². The Balaban J connectivity index is 2.18. The maximum absolute atomic E-state index is 13.7. The summed E-state index contributed by atoms with van der Waals surface area (Å²) in [5, 5.41) is 11.0. The highest BCUT2D eigenvalue weighted by Gasteiger charge is 2.27. The maximum atomic E-state index is 13.7. The van der Waals surface area contributed by atoms with Crippen molar-refractivity contribution < 1.29 is 31.9 Å². The predicted molar refractivity (Wildman–Crippen MR) is 88.4 cm³/mol. The van der Waals surface area contributed by atoms with Crippen molar-refractivity contribution in [1.82, 2.24) is 4.90 Å². The molecule has 1 unspecified atom stereocenters. The van der Waals surface area contributed by atoms with Crippen LogP contribution in [0.4, 0.5) is 27.6 Å². The standard InChI is InChI=1S/C18H17F5N2O2/c1-25(11(7-8-26)10-5-3-2-4-6-10)9-12(27)24-18-16(22)14(20)13(19)15(21)17(18)23/h2-6,11,26H,7-9H2,1H3,(H,24,27). The van der Waals surface area contributed by atoms with Crippen LogP contribution in [-0.4, -0.2) is 36.1 Å². The van der Waals surface area contributed by atoms with Crippen molar-refractivity contribution in [3.05, 3.63) is 65.0 Å². The molecule has 0 radical (unpaired) electrons. The molecule has 0 aromatic heterocycles. The van der Waals surface area contributed by atoms with Gasteiger partial charge in [0.25, 0.3) is 0 Å². The molecule has 0 saturated heterocycles. The van der Waals surface area contributed by atoms with Crippen molar-refractivity contribution in [3.8, 4) is 0 Å². The molecule has 1 amide bonds. The van der Waals surface area contributed by atoms with E-state index in [9.17, 15) is 31.9 Å². The van der Waals surface area contributed by atoms with Crippen LogP contribution in [-0.2, 0) is 4.79 Å². The number of nitrogens with one attached hydrogen (secondary N) is 1. The van der Waals surface area contributed by atoms with Crippen molar-refractivity contribution in [1.29, 1.82) is 0 Å². The summed E-state index contributed by atoms with van der Waals surface area (Å²) in [6.07, 6.45) is 0.274. The topological polar surface area (TPSA) is 52.6 Å². The summed E-state index contributed by atoms with van der Waals surface area (Å²) in [5.74, 6) is -11.8. The smallest absolute Gasteiger partial charge is 0.238 e. The van der Waals surface area contributed by atoms with Crippen LogP contribution in [0.25, 0.3) is 0 Å². The second kappa shape index (κ2) is 8.92. The average molecular weight is 388 g/mol. The van der Waals surface area contributed by atoms with Crippen molar-refractivity contribution in [2.45, 2.75) is 12.5 Å². The number of nitrogens with zero attached hydrogens (tertiary/aromatic N) is 1. The highest BCUT2D eigenvalue weighted by Crippen LogP contribution is 2.27. The number of halogens is 5. The van der Waals surface area contributed by atoms with Gasteiger partial charge in [-0.15, -0.1) is 0 Å². The lowest BCUT2D eigenvalue weighted by atomic mass is 10.0. The third-order valence-electron chi connectivity index (χ3n) is 3.99. The molecule has 2 aromatic carbocycles. The number of amides is 1. The Morgan fingerprint density at radius 2 is 1.52 bits per heavy atom. The third-order valence-corrected chi connectivity index (χ3v) is 3.99. The Kier molecular flexibility index (Phi) is 6.86. The van der Waals surface area contributed by atoms with Gasteiger partial charge in [-0.05, 0) is 19.0 Å². The number of benzene rings is 2. The van der Waals surface area contributed by atoms with Crippen LogP contribution in [0.3, 0.4) is 0 Å². The van der Waals surface area contributed by atoms with Crippen LogP contribution in [0.1, 0.15) is 18.0 Å². The van der Waals surface area contributed by atoms with Gasteiger partial charge in [-0.1, -0.05) is 30.3 Å². The van der Waals surface area contributed by atoms with Crippen LogP contribution in [0.5, 0.6) is 0 Å². The van der Waals surface area contributed by atoms with E-state index in [4.69, 9.17) is 0 Å². The van der Waals surface area contributed by atoms with E-state index in [-0.39, 0.29) is 13.0 Å². The van der Waals surface area contributed by atoms with E-state index in [0.29, 0.717) is 0 Å². The second-order valence-electron chi connectivity index (χ2n) is 5.85. The molecule has 0 spiro atoms. The van der Waals surface area contributed by atoms with Gasteiger partial charge in [-0.25, -0.2) is 22.0 Å². The fraction of sp³-hybridized carbons (Fsp3) is 0.278. The number of anilines is 1. The zero-order valence-electron chi connectivity index (χ0n) is 14.3. The quantitative estimate of drug-likeness (QED) is 0.434. The summed E-state index contributed by atoms with van der Waals surface area (Å²) in [5.41, 5.74) is -0.610. The number of carbonyl (C=O) groups excluding carboxylic acids is 1. The number of aliphatic hydroxyl groups is 1. The van der Waals surface area contributed by atoms with E-state index < -0.39 is 53.3 Å². The molecule has 2 aromatic rings. The van der Waals surface area contributed by atoms with Crippen molar-refractivity contribution in [2.24, 2.45) is 0 Å². The first-order valence-electron chi connectivity index (χ1n) is 7.95. The van der Waals surface area contributed by atoms with Gasteiger partial charge in [-0.2, -0.15) is 0 Å². The highest BCUT2D eigenvalue weighted by molar-refractivity contribution is 5.92. The molecule has 2 N–H and O–H groups in total. The Hall–Kier alpha value is -2.52. The Morgan fingerprint density at radius 3 is 2.04 bits per heavy atom. The largest absolute Gasteiger partial charge is 0.396 e. The van der Waals surface area contributed by atoms with E-state index in [1.54, 1.807) is 35.6 Å². The summed E-state index contributed by atoms with van der Waals surface area (Å²) in [7, 11) is 1.53. The minimum atomic E-state index is -2.30. The Bertz CT molecular complexity index is 788. The van der Waals surface area contributed by atoms with Crippen LogP contribution in [0, 0.1) is 29.1 Å². The minimum absolute atomic E-state index is 0.177. The van der Waals surface area contributed by atoms with Gasteiger partial charge < -0.3 is 10.4 Å². The molecule has 2 rings (SSSR count). The molecule has 0 aliphatic carbocycles. The summed E-state index contributed by atoms with van der Waals surface area (Å²) < 4.78 is 66.8. The van der Waals surface area contributed by atoms with Crippen LogP contribution < -0.4 is 5.32 Å². The number of likely N-dealkylation sites (N-methyl/N-ethyl adjacent to an activating group) is 1. The Labute approximate surface area is 152 Å². The third kappa shape index (κ3) is 4.61. The molecular formula is C18H17F5N2O2. The summed E-state index contributed by atoms with van der Waals surface area (Å²) in [4.78, 5) is 13.6. The number of aliphatic hydroxyl groups excluding tert-OH is 1. The molecule has 4 nitrogen and oxygen atoms in total. The number of hydrogen-bond donors (Lipinski definition) is 2. The van der Waals surface area contributed by atoms with E-state index in [1.807, 2.05) is 0 Å². The molecule has 0 bridgehead atoms. The molecule has 0 aliphatic rings. The lowest BCUT2D eigenvalue weighted by molar-refractivity contribution is -0.117. The van der Waals surface area contributed by atoms with E-state index >= 15 is 0 Å². The summed E-state index contributed by atoms with van der Waals surface area (Å²) >= 11 is 0. The van der Waals surface area contributed by atoms with Gasteiger partial charge in [0.05, 0.1) is 6.54 Å². The van der Waals surface area contributed by atoms with Crippen LogP contribution in [0.2, 0.25) is 0 Å². The molecule has 9 heteroatoms. The van der Waals surface area contributed by atoms with Gasteiger partial charge in [0.1, 0.15) is 5.69 Å². The fourth-order valence-corrected chi connectivity index (χ4v) is 2.67. The first-order chi connectivity index (χ1) is 12.8. The monoisotopic (exact) mass is 388 g/mol. The predicted octanol–water partition coefficient (Wildman–Crippen LogP) is 3.38. The lowest BCUT2D eigenvalue weighted by Gasteiger charge is -2.27. The van der Waals surface area contributed by atoms with Gasteiger partial charge in [-0.3, -0.25) is 9.69 Å². The molecule has 27 heavy (non-hydrogen) atoms. The SMILES string of the molecule is CN(CC(=O)Nc1c(F)c(F)c(F)c(F)c1F)C(CCO)c1ccccc1. The van der Waals surface area contributed by atoms with Gasteiger partial charge in [0.15, 0.2) is 23.3 Å². The number of hydrogen-bond acceptors (Lipinski definition) is 3. The van der Waals surface area contributed by atoms with Crippen LogP contribution >= 0.6 is 0 Å². The molecule has 0 aliphatic heterocycles. The highest BCUT2D eigenvalue weighted by atomic mass is 19.2. The van der Waals surface area contributed by atoms with Gasteiger partial charge in [0, 0.05) is 12.6 Å². The zero-order valence-corrected chi connectivity index (χ0v) is 14.3. The van der Waals surface area contributed by atoms with Crippen molar-refractivity contribution in [2.75, 3.05) is 25.5 Å². The normalized spacial score (nSPS) is 12.3. The second-order valence-corrected chi connectivity index (χ2v) is 5.85. The first-order valence-corrected chi connectivity index (χ1v) is 7.95. The molecule has 0 fully saturated rings. The van der Waals surface area contributed by atoms with E-state index in [2.05, 4.69) is 0 Å². The summed E-state index contributed by atoms with van der Waals surface area (Å²) in [6.45, 7) is -0.581. The van der Waals surface area contributed by atoms with E-state index in [0.717, 1.165) is 5.56 Å². The maximum Gasteiger partial charge on any atom is 0.238 e. The molecule has 0 heterocycles. The van der Waals surface area contributed by atoms with E-state index in [1.165, 1.54) is 11.9 Å². The fourth-order valence-electron chi connectivity index (χ4n) is 2.67. The average Bonchev–Trinajstić information content (AvgIpc) is 2.66. The van der Waals surface area contributed by atoms with Gasteiger partial charge >= 0.3 is 0 Å². The van der Waals surface area contributed by atoms with Gasteiger partial charge in [0.2, 0.25) is 11.7 Å². The molecular weight excluding hydrogens is 371 g/mol. The zero-order chi connectivity index (χ0) is 20.1. The van der Waals surface area contributed by atoms with Crippen molar-refractivity contribution in [3.63, 3.8) is 0 Å². The number of rotatable bonds is 7. The molecule has 0 saturated carbocycles. The summed E-state index contributed by atoms with van der Waals surface area (Å²) in [6, 6.07) is 8.48. The molecule has 1 atom stereocenters. The molecule has 146 valence electrons. The minimum Gasteiger partial charge on any atom is -0.396 e.